The Hall–Kier alpha value is -0.670. The summed E-state index contributed by atoms with van der Waals surface area (Å²) in [6.45, 7) is 0.790. The van der Waals surface area contributed by atoms with Gasteiger partial charge in [-0.05, 0) is 32.0 Å². The number of nitrogens with one attached hydrogen (secondary N) is 1. The Balaban J connectivity index is 2.21. The second-order valence-electron chi connectivity index (χ2n) is 4.15. The van der Waals surface area contributed by atoms with E-state index in [1.165, 1.54) is 0 Å². The fourth-order valence-electron chi connectivity index (χ4n) is 1.91. The van der Waals surface area contributed by atoms with Gasteiger partial charge in [0.2, 0.25) is 0 Å². The van der Waals surface area contributed by atoms with Gasteiger partial charge in [0.1, 0.15) is 0 Å². The highest BCUT2D eigenvalue weighted by Crippen LogP contribution is 2.47. The monoisotopic (exact) mass is 267 g/mol. The Kier molecular flexibility index (Phi) is 2.94. The van der Waals surface area contributed by atoms with Crippen molar-refractivity contribution < 1.29 is 4.79 Å². The molecular weight excluding hydrogens is 254 g/mol. The lowest BCUT2D eigenvalue weighted by Crippen LogP contribution is -2.27. The van der Waals surface area contributed by atoms with Crippen LogP contribution in [-0.4, -0.2) is 19.4 Å². The van der Waals surface area contributed by atoms with Crippen LogP contribution in [0.2, 0.25) is 0 Å². The number of benzene rings is 1. The summed E-state index contributed by atoms with van der Waals surface area (Å²) in [6.07, 6.45) is 2.03. The first-order valence-electron chi connectivity index (χ1n) is 5.13. The van der Waals surface area contributed by atoms with Gasteiger partial charge in [-0.25, -0.2) is 0 Å². The molecule has 3 heteroatoms. The maximum Gasteiger partial charge on any atom is 0.170 e. The molecule has 1 aliphatic rings. The largest absolute Gasteiger partial charge is 0.319 e. The summed E-state index contributed by atoms with van der Waals surface area (Å²) < 4.78 is 0.966. The van der Waals surface area contributed by atoms with Crippen molar-refractivity contribution in [1.82, 2.24) is 5.32 Å². The summed E-state index contributed by atoms with van der Waals surface area (Å²) in [5.41, 5.74) is 0.701. The van der Waals surface area contributed by atoms with Crippen LogP contribution in [0.5, 0.6) is 0 Å². The summed E-state index contributed by atoms with van der Waals surface area (Å²) in [6, 6.07) is 7.64. The molecular formula is C12H14BrNO. The lowest BCUT2D eigenvalue weighted by molar-refractivity contribution is 0.0900. The average molecular weight is 268 g/mol. The average Bonchev–Trinajstić information content (AvgIpc) is 2.98. The van der Waals surface area contributed by atoms with E-state index in [9.17, 15) is 4.79 Å². The maximum atomic E-state index is 12.2. The van der Waals surface area contributed by atoms with Gasteiger partial charge >= 0.3 is 0 Å². The highest BCUT2D eigenvalue weighted by molar-refractivity contribution is 9.10. The van der Waals surface area contributed by atoms with Crippen LogP contribution in [0.25, 0.3) is 0 Å². The first-order valence-corrected chi connectivity index (χ1v) is 5.92. The number of Topliss-reactive ketones (excluding diaryl/α,β-unsaturated/α-hetero) is 1. The van der Waals surface area contributed by atoms with E-state index in [0.29, 0.717) is 0 Å². The molecule has 0 saturated heterocycles. The lowest BCUT2D eigenvalue weighted by Gasteiger charge is -2.13. The van der Waals surface area contributed by atoms with Crippen molar-refractivity contribution in [2.24, 2.45) is 5.41 Å². The molecule has 0 bridgehead atoms. The lowest BCUT2D eigenvalue weighted by atomic mass is 9.95. The van der Waals surface area contributed by atoms with E-state index in [-0.39, 0.29) is 11.2 Å². The summed E-state index contributed by atoms with van der Waals surface area (Å²) in [5.74, 6) is 0.276. The van der Waals surface area contributed by atoms with Crippen LogP contribution in [0.1, 0.15) is 23.2 Å². The molecule has 0 unspecified atom stereocenters. The number of rotatable bonds is 4. The SMILES string of the molecule is CNCC1(C(=O)c2cccc(Br)c2)CC1. The number of hydrogen-bond donors (Lipinski definition) is 1. The fraction of sp³-hybridized carbons (Fsp3) is 0.417. The standard InChI is InChI=1S/C12H14BrNO/c1-14-8-12(5-6-12)11(15)9-3-2-4-10(13)7-9/h2-4,7,14H,5-6,8H2,1H3. The molecule has 1 N–H and O–H groups in total. The molecule has 0 spiro atoms. The van der Waals surface area contributed by atoms with E-state index < -0.39 is 0 Å². The van der Waals surface area contributed by atoms with Crippen molar-refractivity contribution in [3.05, 3.63) is 34.3 Å². The van der Waals surface area contributed by atoms with Gasteiger partial charge in [-0.3, -0.25) is 4.79 Å². The van der Waals surface area contributed by atoms with Gasteiger partial charge in [0, 0.05) is 22.0 Å². The van der Waals surface area contributed by atoms with Crippen molar-refractivity contribution in [3.8, 4) is 0 Å². The van der Waals surface area contributed by atoms with Crippen LogP contribution in [0.15, 0.2) is 28.7 Å². The first kappa shape index (κ1) is 10.8. The van der Waals surface area contributed by atoms with Crippen LogP contribution in [0.3, 0.4) is 0 Å². The van der Waals surface area contributed by atoms with Gasteiger partial charge in [0.15, 0.2) is 5.78 Å². The first-order chi connectivity index (χ1) is 7.18. The van der Waals surface area contributed by atoms with E-state index in [0.717, 1.165) is 29.4 Å². The molecule has 15 heavy (non-hydrogen) atoms. The number of hydrogen-bond acceptors (Lipinski definition) is 2. The fourth-order valence-corrected chi connectivity index (χ4v) is 2.31. The summed E-state index contributed by atoms with van der Waals surface area (Å²) in [5, 5.41) is 3.10. The van der Waals surface area contributed by atoms with Crippen LogP contribution < -0.4 is 5.32 Å². The maximum absolute atomic E-state index is 12.2. The third-order valence-electron chi connectivity index (χ3n) is 2.94. The van der Waals surface area contributed by atoms with Crippen molar-refractivity contribution >= 4 is 21.7 Å². The van der Waals surface area contributed by atoms with E-state index in [1.807, 2.05) is 31.3 Å². The molecule has 1 aromatic rings. The van der Waals surface area contributed by atoms with Gasteiger partial charge in [-0.15, -0.1) is 0 Å². The molecule has 1 aliphatic carbocycles. The predicted octanol–water partition coefficient (Wildman–Crippen LogP) is 2.63. The predicted molar refractivity (Wildman–Crippen MR) is 64.1 cm³/mol. The van der Waals surface area contributed by atoms with E-state index in [4.69, 9.17) is 0 Å². The van der Waals surface area contributed by atoms with Crippen LogP contribution >= 0.6 is 15.9 Å². The van der Waals surface area contributed by atoms with Crippen LogP contribution in [-0.2, 0) is 0 Å². The van der Waals surface area contributed by atoms with Gasteiger partial charge in [-0.1, -0.05) is 28.1 Å². The van der Waals surface area contributed by atoms with Gasteiger partial charge in [0.05, 0.1) is 0 Å². The van der Waals surface area contributed by atoms with Crippen LogP contribution in [0, 0.1) is 5.41 Å². The molecule has 0 aliphatic heterocycles. The van der Waals surface area contributed by atoms with Crippen LogP contribution in [0.4, 0.5) is 0 Å². The number of carbonyl (C=O) groups excluding carboxylic acids is 1. The molecule has 1 saturated carbocycles. The zero-order valence-corrected chi connectivity index (χ0v) is 10.3. The Labute approximate surface area is 98.2 Å². The van der Waals surface area contributed by atoms with Crippen molar-refractivity contribution in [3.63, 3.8) is 0 Å². The number of ketones is 1. The Morgan fingerprint density at radius 3 is 2.80 bits per heavy atom. The second-order valence-corrected chi connectivity index (χ2v) is 5.07. The molecule has 0 amide bonds. The topological polar surface area (TPSA) is 29.1 Å². The molecule has 0 heterocycles. The third-order valence-corrected chi connectivity index (χ3v) is 3.43. The molecule has 2 rings (SSSR count). The summed E-state index contributed by atoms with van der Waals surface area (Å²) in [7, 11) is 1.90. The van der Waals surface area contributed by atoms with Gasteiger partial charge in [-0.2, -0.15) is 0 Å². The smallest absolute Gasteiger partial charge is 0.170 e. The molecule has 80 valence electrons. The van der Waals surface area contributed by atoms with E-state index >= 15 is 0 Å². The third kappa shape index (κ3) is 2.13. The molecule has 1 fully saturated rings. The van der Waals surface area contributed by atoms with Crippen molar-refractivity contribution in [2.75, 3.05) is 13.6 Å². The van der Waals surface area contributed by atoms with Crippen molar-refractivity contribution in [2.45, 2.75) is 12.8 Å². The van der Waals surface area contributed by atoms with E-state index in [1.54, 1.807) is 0 Å². The second kappa shape index (κ2) is 4.06. The minimum Gasteiger partial charge on any atom is -0.319 e. The Morgan fingerprint density at radius 2 is 2.27 bits per heavy atom. The zero-order chi connectivity index (χ0) is 10.9. The summed E-state index contributed by atoms with van der Waals surface area (Å²) >= 11 is 3.39. The Bertz CT molecular complexity index is 385. The summed E-state index contributed by atoms with van der Waals surface area (Å²) in [4.78, 5) is 12.2. The molecule has 2 nitrogen and oxygen atoms in total. The zero-order valence-electron chi connectivity index (χ0n) is 8.72. The van der Waals surface area contributed by atoms with Crippen molar-refractivity contribution in [1.29, 1.82) is 0 Å². The van der Waals surface area contributed by atoms with Gasteiger partial charge < -0.3 is 5.32 Å². The molecule has 1 aromatic carbocycles. The molecule has 0 aromatic heterocycles. The number of halogens is 1. The quantitative estimate of drug-likeness (QED) is 0.850. The van der Waals surface area contributed by atoms with Gasteiger partial charge in [0.25, 0.3) is 0 Å². The number of carbonyl (C=O) groups is 1. The minimum absolute atomic E-state index is 0.116. The molecule has 0 atom stereocenters. The highest BCUT2D eigenvalue weighted by Gasteiger charge is 2.48. The highest BCUT2D eigenvalue weighted by atomic mass is 79.9. The minimum atomic E-state index is -0.116. The Morgan fingerprint density at radius 1 is 1.53 bits per heavy atom. The van der Waals surface area contributed by atoms with E-state index in [2.05, 4.69) is 21.2 Å². The molecule has 0 radical (unpaired) electrons. The normalized spacial score (nSPS) is 17.5.